The lowest BCUT2D eigenvalue weighted by molar-refractivity contribution is 0.0173. The molecule has 1 unspecified atom stereocenters. The average molecular weight is 420 g/mol. The van der Waals surface area contributed by atoms with Crippen LogP contribution < -0.4 is 4.72 Å². The summed E-state index contributed by atoms with van der Waals surface area (Å²) in [4.78, 5) is 0. The van der Waals surface area contributed by atoms with Gasteiger partial charge < -0.3 is 4.43 Å². The molecule has 0 amide bonds. The second kappa shape index (κ2) is 8.39. The van der Waals surface area contributed by atoms with Gasteiger partial charge in [-0.2, -0.15) is 0 Å². The van der Waals surface area contributed by atoms with Gasteiger partial charge in [0.15, 0.2) is 8.32 Å². The van der Waals surface area contributed by atoms with E-state index >= 15 is 0 Å². The second-order valence-corrected chi connectivity index (χ2v) is 16.4. The average Bonchev–Trinajstić information content (AvgIpc) is 2.48. The minimum Gasteiger partial charge on any atom is -0.415 e. The molecule has 3 nitrogen and oxygen atoms in total. The monoisotopic (exact) mass is 419 g/mol. The van der Waals surface area contributed by atoms with Crippen LogP contribution >= 0.6 is 0 Å². The highest BCUT2D eigenvalue weighted by Gasteiger charge is 2.38. The molecule has 1 aromatic carbocycles. The van der Waals surface area contributed by atoms with E-state index in [9.17, 15) is 13.0 Å². The SMILES string of the molecule is CC(F)(F)c1cccc([C@H](CO[Si](C)(C)C(C)(C)C)NS(=O)C(C)(C)C)c1. The molecule has 0 aliphatic heterocycles. The van der Waals surface area contributed by atoms with Crippen LogP contribution in [0, 0.1) is 0 Å². The molecule has 0 bridgehead atoms. The van der Waals surface area contributed by atoms with E-state index in [1.54, 1.807) is 12.1 Å². The molecular formula is C20H35F2NO2SSi. The van der Waals surface area contributed by atoms with Crippen molar-refractivity contribution in [3.05, 3.63) is 35.4 Å². The number of hydrogen-bond donors (Lipinski definition) is 1. The molecule has 1 N–H and O–H groups in total. The van der Waals surface area contributed by atoms with Crippen molar-refractivity contribution in [2.75, 3.05) is 6.61 Å². The summed E-state index contributed by atoms with van der Waals surface area (Å²) >= 11 is 0. The fourth-order valence-corrected chi connectivity index (χ4v) is 3.87. The fraction of sp³-hybridized carbons (Fsp3) is 0.700. The Hall–Kier alpha value is -0.633. The molecule has 1 rings (SSSR count). The Labute approximate surface area is 167 Å². The Morgan fingerprint density at radius 2 is 1.67 bits per heavy atom. The summed E-state index contributed by atoms with van der Waals surface area (Å²) in [7, 11) is -3.38. The third-order valence-electron chi connectivity index (χ3n) is 5.02. The highest BCUT2D eigenvalue weighted by molar-refractivity contribution is 7.84. The van der Waals surface area contributed by atoms with Crippen LogP contribution in [-0.4, -0.2) is 23.9 Å². The fourth-order valence-electron chi connectivity index (χ4n) is 2.04. The molecule has 2 atom stereocenters. The van der Waals surface area contributed by atoms with E-state index in [-0.39, 0.29) is 17.2 Å². The zero-order valence-electron chi connectivity index (χ0n) is 18.1. The van der Waals surface area contributed by atoms with Crippen LogP contribution in [0.1, 0.15) is 65.6 Å². The molecule has 0 aliphatic carbocycles. The van der Waals surface area contributed by atoms with Gasteiger partial charge in [0.25, 0.3) is 5.92 Å². The lowest BCUT2D eigenvalue weighted by atomic mass is 10.0. The van der Waals surface area contributed by atoms with Crippen molar-refractivity contribution in [3.63, 3.8) is 0 Å². The van der Waals surface area contributed by atoms with E-state index < -0.39 is 36.0 Å². The number of halogens is 2. The summed E-state index contributed by atoms with van der Waals surface area (Å²) in [5, 5.41) is 0.0268. The lowest BCUT2D eigenvalue weighted by Crippen LogP contribution is -2.44. The van der Waals surface area contributed by atoms with E-state index in [1.807, 2.05) is 20.8 Å². The Morgan fingerprint density at radius 3 is 2.11 bits per heavy atom. The molecule has 0 radical (unpaired) electrons. The van der Waals surface area contributed by atoms with Crippen molar-refractivity contribution < 1.29 is 17.4 Å². The molecule has 27 heavy (non-hydrogen) atoms. The van der Waals surface area contributed by atoms with Gasteiger partial charge in [-0.15, -0.1) is 0 Å². The number of nitrogens with one attached hydrogen (secondary N) is 1. The molecule has 156 valence electrons. The first kappa shape index (κ1) is 24.4. The topological polar surface area (TPSA) is 38.3 Å². The normalized spacial score (nSPS) is 16.3. The molecule has 0 heterocycles. The third kappa shape index (κ3) is 7.04. The molecule has 0 saturated carbocycles. The van der Waals surface area contributed by atoms with E-state index in [0.29, 0.717) is 5.56 Å². The minimum atomic E-state index is -2.93. The van der Waals surface area contributed by atoms with Gasteiger partial charge in [-0.1, -0.05) is 39.0 Å². The predicted molar refractivity (Wildman–Crippen MR) is 113 cm³/mol. The molecule has 7 heteroatoms. The number of alkyl halides is 2. The van der Waals surface area contributed by atoms with Gasteiger partial charge in [0.1, 0.15) is 0 Å². The standard InChI is InChI=1S/C20H35F2NO2SSi/c1-18(2,3)26(24)23-17(14-25-27(8,9)19(4,5)6)15-11-10-12-16(13-15)20(7,21)22/h10-13,17,23H,14H2,1-9H3/t17-,26?/m0/s1. The predicted octanol–water partition coefficient (Wildman–Crippen LogP) is 5.91. The van der Waals surface area contributed by atoms with Crippen molar-refractivity contribution >= 4 is 19.3 Å². The van der Waals surface area contributed by atoms with Crippen LogP contribution in [-0.2, 0) is 21.3 Å². The van der Waals surface area contributed by atoms with E-state index in [0.717, 1.165) is 6.92 Å². The first-order chi connectivity index (χ1) is 11.9. The first-order valence-electron chi connectivity index (χ1n) is 9.25. The number of rotatable bonds is 7. The molecular weight excluding hydrogens is 384 g/mol. The number of benzene rings is 1. The Balaban J connectivity index is 3.18. The second-order valence-electron chi connectivity index (χ2n) is 9.64. The van der Waals surface area contributed by atoms with Crippen LogP contribution in [0.2, 0.25) is 18.1 Å². The van der Waals surface area contributed by atoms with Crippen LogP contribution in [0.4, 0.5) is 8.78 Å². The first-order valence-corrected chi connectivity index (χ1v) is 13.3. The van der Waals surface area contributed by atoms with Crippen LogP contribution in [0.15, 0.2) is 24.3 Å². The smallest absolute Gasteiger partial charge is 0.270 e. The van der Waals surface area contributed by atoms with E-state index in [4.69, 9.17) is 4.43 Å². The Kier molecular flexibility index (Phi) is 7.58. The maximum atomic E-state index is 13.8. The maximum Gasteiger partial charge on any atom is 0.270 e. The van der Waals surface area contributed by atoms with Crippen LogP contribution in [0.25, 0.3) is 0 Å². The van der Waals surface area contributed by atoms with Crippen molar-refractivity contribution in [2.24, 2.45) is 0 Å². The Morgan fingerprint density at radius 1 is 1.11 bits per heavy atom. The van der Waals surface area contributed by atoms with Crippen molar-refractivity contribution in [2.45, 2.75) is 83.3 Å². The quantitative estimate of drug-likeness (QED) is 0.558. The largest absolute Gasteiger partial charge is 0.415 e. The van der Waals surface area contributed by atoms with E-state index in [1.165, 1.54) is 12.1 Å². The highest BCUT2D eigenvalue weighted by atomic mass is 32.2. The molecule has 1 aromatic rings. The van der Waals surface area contributed by atoms with Gasteiger partial charge in [0, 0.05) is 12.5 Å². The van der Waals surface area contributed by atoms with Gasteiger partial charge in [-0.05, 0) is 50.5 Å². The molecule has 0 aliphatic rings. The van der Waals surface area contributed by atoms with Gasteiger partial charge >= 0.3 is 0 Å². The van der Waals surface area contributed by atoms with Gasteiger partial charge in [0.2, 0.25) is 0 Å². The summed E-state index contributed by atoms with van der Waals surface area (Å²) < 4.78 is 49.1. The molecule has 0 spiro atoms. The minimum absolute atomic E-state index is 0.0268. The van der Waals surface area contributed by atoms with Crippen LogP contribution in [0.3, 0.4) is 0 Å². The summed E-state index contributed by atoms with van der Waals surface area (Å²) in [6, 6.07) is 5.86. The Bertz CT molecular complexity index is 661. The summed E-state index contributed by atoms with van der Waals surface area (Å²) in [6.45, 7) is 17.5. The zero-order chi connectivity index (χ0) is 21.3. The van der Waals surface area contributed by atoms with Gasteiger partial charge in [-0.25, -0.2) is 17.7 Å². The van der Waals surface area contributed by atoms with Crippen molar-refractivity contribution in [1.29, 1.82) is 0 Å². The van der Waals surface area contributed by atoms with Crippen molar-refractivity contribution in [1.82, 2.24) is 4.72 Å². The molecule has 0 aromatic heterocycles. The van der Waals surface area contributed by atoms with Crippen LogP contribution in [0.5, 0.6) is 0 Å². The van der Waals surface area contributed by atoms with Gasteiger partial charge in [-0.3, -0.25) is 0 Å². The molecule has 0 saturated heterocycles. The molecule has 0 fully saturated rings. The summed E-state index contributed by atoms with van der Waals surface area (Å²) in [6.07, 6.45) is 0. The van der Waals surface area contributed by atoms with Gasteiger partial charge in [0.05, 0.1) is 28.4 Å². The van der Waals surface area contributed by atoms with E-state index in [2.05, 4.69) is 38.6 Å². The number of hydrogen-bond acceptors (Lipinski definition) is 2. The zero-order valence-corrected chi connectivity index (χ0v) is 19.9. The lowest BCUT2D eigenvalue weighted by Gasteiger charge is -2.37. The highest BCUT2D eigenvalue weighted by Crippen LogP contribution is 2.37. The maximum absolute atomic E-state index is 13.8. The summed E-state index contributed by atoms with van der Waals surface area (Å²) in [5.74, 6) is -2.93. The third-order valence-corrected chi connectivity index (χ3v) is 11.1. The van der Waals surface area contributed by atoms with Crippen molar-refractivity contribution in [3.8, 4) is 0 Å². The summed E-state index contributed by atoms with van der Waals surface area (Å²) in [5.41, 5.74) is 0.603.